The predicted molar refractivity (Wildman–Crippen MR) is 377 cm³/mol. The number of hydrogen-bond acceptors (Lipinski definition) is 15. The standard InChI is InChI=1S/C74H144O17P2/c1-6-9-12-15-17-19-21-23-25-27-28-29-30-31-32-34-36-38-40-44-49-54-59-73(78)91-70(64-85-72(77)58-53-48-43-39-37-35-33-26-24-22-20-18-16-13-10-7-2)66-89-93(82,83)87-62-68(75)61-86-92(80,81)88-65-69(63-84-71(76)57-52-46-14-11-8-3)90-74(79)60-55-50-45-41-42-47-51-56-67(4)5/h67-70,75H,6-66H2,1-5H3,(H,80,81)(H,82,83)/t68-,69+,70+/m0/s1. The summed E-state index contributed by atoms with van der Waals surface area (Å²) in [6.07, 6.45) is 56.3. The van der Waals surface area contributed by atoms with Crippen LogP contribution in [0.1, 0.15) is 388 Å². The lowest BCUT2D eigenvalue weighted by Gasteiger charge is -2.21. The van der Waals surface area contributed by atoms with Crippen LogP contribution < -0.4 is 0 Å². The summed E-state index contributed by atoms with van der Waals surface area (Å²) < 4.78 is 68.2. The molecule has 0 aliphatic carbocycles. The molecule has 0 fully saturated rings. The third-order valence-electron chi connectivity index (χ3n) is 17.3. The Balaban J connectivity index is 5.10. The highest BCUT2D eigenvalue weighted by atomic mass is 31.2. The predicted octanol–water partition coefficient (Wildman–Crippen LogP) is 21.7. The number of esters is 4. The summed E-state index contributed by atoms with van der Waals surface area (Å²) in [6, 6.07) is 0. The van der Waals surface area contributed by atoms with Crippen molar-refractivity contribution in [3.05, 3.63) is 0 Å². The lowest BCUT2D eigenvalue weighted by molar-refractivity contribution is -0.161. The third kappa shape index (κ3) is 68.4. The van der Waals surface area contributed by atoms with Gasteiger partial charge in [-0.2, -0.15) is 0 Å². The molecule has 93 heavy (non-hydrogen) atoms. The maximum Gasteiger partial charge on any atom is 0.472 e. The summed E-state index contributed by atoms with van der Waals surface area (Å²) in [5.74, 6) is -1.44. The van der Waals surface area contributed by atoms with E-state index in [4.69, 9.17) is 37.0 Å². The Hall–Kier alpha value is -1.94. The molecule has 3 N–H and O–H groups in total. The molecule has 0 rings (SSSR count). The summed E-state index contributed by atoms with van der Waals surface area (Å²) in [6.45, 7) is 7.11. The Bertz CT molecular complexity index is 1790. The van der Waals surface area contributed by atoms with Gasteiger partial charge in [-0.25, -0.2) is 9.13 Å². The minimum Gasteiger partial charge on any atom is -0.462 e. The highest BCUT2D eigenvalue weighted by Crippen LogP contribution is 2.45. The van der Waals surface area contributed by atoms with Gasteiger partial charge in [-0.1, -0.05) is 336 Å². The molecule has 0 amide bonds. The molecule has 0 aliphatic heterocycles. The molecule has 5 atom stereocenters. The van der Waals surface area contributed by atoms with Crippen molar-refractivity contribution in [1.82, 2.24) is 0 Å². The van der Waals surface area contributed by atoms with Gasteiger partial charge in [-0.15, -0.1) is 0 Å². The van der Waals surface area contributed by atoms with E-state index in [1.54, 1.807) is 0 Å². The Morgan fingerprint density at radius 1 is 0.290 bits per heavy atom. The van der Waals surface area contributed by atoms with Crippen molar-refractivity contribution in [3.8, 4) is 0 Å². The molecule has 0 heterocycles. The zero-order valence-corrected chi connectivity index (χ0v) is 62.2. The second-order valence-electron chi connectivity index (χ2n) is 27.2. The third-order valence-corrected chi connectivity index (χ3v) is 19.2. The fraction of sp³-hybridized carbons (Fsp3) is 0.946. The number of ether oxygens (including phenoxy) is 4. The van der Waals surface area contributed by atoms with E-state index in [-0.39, 0.29) is 25.7 Å². The van der Waals surface area contributed by atoms with Crippen molar-refractivity contribution < 1.29 is 80.2 Å². The summed E-state index contributed by atoms with van der Waals surface area (Å²) in [7, 11) is -9.89. The zero-order valence-electron chi connectivity index (χ0n) is 60.4. The van der Waals surface area contributed by atoms with E-state index in [2.05, 4.69) is 34.6 Å². The van der Waals surface area contributed by atoms with Crippen LogP contribution in [0.2, 0.25) is 0 Å². The van der Waals surface area contributed by atoms with Crippen molar-refractivity contribution in [2.24, 2.45) is 5.92 Å². The van der Waals surface area contributed by atoms with Crippen LogP contribution in [0, 0.1) is 5.92 Å². The molecular weight excluding hydrogens is 1220 g/mol. The molecule has 17 nitrogen and oxygen atoms in total. The summed E-state index contributed by atoms with van der Waals surface area (Å²) >= 11 is 0. The largest absolute Gasteiger partial charge is 0.472 e. The van der Waals surface area contributed by atoms with Crippen LogP contribution in [-0.4, -0.2) is 96.7 Å². The van der Waals surface area contributed by atoms with Crippen LogP contribution in [0.4, 0.5) is 0 Å². The number of phosphoric ester groups is 2. The van der Waals surface area contributed by atoms with Crippen LogP contribution in [0.25, 0.3) is 0 Å². The number of carbonyl (C=O) groups is 4. The van der Waals surface area contributed by atoms with Gasteiger partial charge in [0.15, 0.2) is 12.2 Å². The van der Waals surface area contributed by atoms with Gasteiger partial charge in [0, 0.05) is 25.7 Å². The second kappa shape index (κ2) is 67.3. The van der Waals surface area contributed by atoms with E-state index >= 15 is 0 Å². The molecule has 0 radical (unpaired) electrons. The van der Waals surface area contributed by atoms with Gasteiger partial charge < -0.3 is 33.8 Å². The number of unbranched alkanes of at least 4 members (excludes halogenated alkanes) is 46. The van der Waals surface area contributed by atoms with Gasteiger partial charge in [-0.3, -0.25) is 37.3 Å². The minimum atomic E-state index is -4.95. The molecule has 0 aromatic heterocycles. The number of rotatable bonds is 74. The van der Waals surface area contributed by atoms with Crippen LogP contribution in [-0.2, 0) is 65.4 Å². The first-order chi connectivity index (χ1) is 45.0. The summed E-state index contributed by atoms with van der Waals surface area (Å²) in [4.78, 5) is 72.4. The Kier molecular flexibility index (Phi) is 65.9. The van der Waals surface area contributed by atoms with E-state index in [1.807, 2.05) is 0 Å². The Morgan fingerprint density at radius 2 is 0.495 bits per heavy atom. The van der Waals surface area contributed by atoms with E-state index in [1.165, 1.54) is 205 Å². The fourth-order valence-electron chi connectivity index (χ4n) is 11.4. The van der Waals surface area contributed by atoms with Crippen molar-refractivity contribution in [1.29, 1.82) is 0 Å². The maximum atomic E-state index is 13.1. The monoisotopic (exact) mass is 1370 g/mol. The Morgan fingerprint density at radius 3 is 0.731 bits per heavy atom. The van der Waals surface area contributed by atoms with E-state index < -0.39 is 97.5 Å². The van der Waals surface area contributed by atoms with Crippen LogP contribution >= 0.6 is 15.6 Å². The molecule has 19 heteroatoms. The first-order valence-electron chi connectivity index (χ1n) is 38.6. The molecule has 0 aromatic carbocycles. The van der Waals surface area contributed by atoms with E-state index in [0.29, 0.717) is 31.6 Å². The van der Waals surface area contributed by atoms with Crippen LogP contribution in [0.3, 0.4) is 0 Å². The molecule has 552 valence electrons. The maximum absolute atomic E-state index is 13.1. The number of carbonyl (C=O) groups excluding carboxylic acids is 4. The Labute approximate surface area is 568 Å². The average molecular weight is 1370 g/mol. The number of aliphatic hydroxyl groups excluding tert-OH is 1. The number of hydrogen-bond donors (Lipinski definition) is 3. The summed E-state index contributed by atoms with van der Waals surface area (Å²) in [5.41, 5.74) is 0. The molecule has 0 aliphatic rings. The van der Waals surface area contributed by atoms with Gasteiger partial charge >= 0.3 is 39.5 Å². The quantitative estimate of drug-likeness (QED) is 0.0222. The van der Waals surface area contributed by atoms with E-state index in [0.717, 1.165) is 96.3 Å². The minimum absolute atomic E-state index is 0.103. The van der Waals surface area contributed by atoms with Crippen LogP contribution in [0.5, 0.6) is 0 Å². The highest BCUT2D eigenvalue weighted by molar-refractivity contribution is 7.47. The van der Waals surface area contributed by atoms with Crippen LogP contribution in [0.15, 0.2) is 0 Å². The molecule has 2 unspecified atom stereocenters. The fourth-order valence-corrected chi connectivity index (χ4v) is 12.9. The van der Waals surface area contributed by atoms with Crippen molar-refractivity contribution in [2.75, 3.05) is 39.6 Å². The zero-order chi connectivity index (χ0) is 68.4. The van der Waals surface area contributed by atoms with Crippen molar-refractivity contribution >= 4 is 39.5 Å². The smallest absolute Gasteiger partial charge is 0.462 e. The molecule has 0 saturated carbocycles. The molecule has 0 spiro atoms. The van der Waals surface area contributed by atoms with E-state index in [9.17, 15) is 43.2 Å². The normalized spacial score (nSPS) is 14.0. The summed E-state index contributed by atoms with van der Waals surface area (Å²) in [5, 5.41) is 10.6. The molecular formula is C74H144O17P2. The topological polar surface area (TPSA) is 237 Å². The number of aliphatic hydroxyl groups is 1. The SMILES string of the molecule is CCCCCCCCCCCCCCCCCCCCCCCCC(=O)O[C@H](COC(=O)CCCCCCCCCCCCCCCCCC)COP(=O)(O)OC[C@@H](O)COP(=O)(O)OC[C@@H](COC(=O)CCCCCCC)OC(=O)CCCCCCCCCC(C)C. The number of phosphoric acid groups is 2. The second-order valence-corrected chi connectivity index (χ2v) is 30.1. The van der Waals surface area contributed by atoms with Gasteiger partial charge in [0.25, 0.3) is 0 Å². The first-order valence-corrected chi connectivity index (χ1v) is 41.6. The molecule has 0 saturated heterocycles. The van der Waals surface area contributed by atoms with Gasteiger partial charge in [-0.05, 0) is 31.6 Å². The highest BCUT2D eigenvalue weighted by Gasteiger charge is 2.30. The lowest BCUT2D eigenvalue weighted by Crippen LogP contribution is -2.30. The van der Waals surface area contributed by atoms with Crippen molar-refractivity contribution in [3.63, 3.8) is 0 Å². The van der Waals surface area contributed by atoms with Crippen molar-refractivity contribution in [2.45, 2.75) is 406 Å². The lowest BCUT2D eigenvalue weighted by atomic mass is 10.0. The average Bonchev–Trinajstić information content (AvgIpc) is 2.67. The van der Waals surface area contributed by atoms with Gasteiger partial charge in [0.2, 0.25) is 0 Å². The molecule has 0 aromatic rings. The van der Waals surface area contributed by atoms with Gasteiger partial charge in [0.05, 0.1) is 26.4 Å². The first kappa shape index (κ1) is 91.1. The van der Waals surface area contributed by atoms with Gasteiger partial charge in [0.1, 0.15) is 19.3 Å². The molecule has 0 bridgehead atoms.